The number of nitrogens with one attached hydrogen (secondary N) is 1. The fourth-order valence-electron chi connectivity index (χ4n) is 1.34. The van der Waals surface area contributed by atoms with Gasteiger partial charge in [0.2, 0.25) is 0 Å². The van der Waals surface area contributed by atoms with Gasteiger partial charge in [-0.15, -0.1) is 0 Å². The zero-order valence-electron chi connectivity index (χ0n) is 7.26. The standard InChI is InChI=1S/C8H16N2S/c1-9-8(11)10(2)6-7-4-3-5-7/h7H,3-6H2,1-2H3,(H,9,11). The Kier molecular flexibility index (Phi) is 3.12. The fourth-order valence-corrected chi connectivity index (χ4v) is 1.41. The lowest BCUT2D eigenvalue weighted by Crippen LogP contribution is -2.39. The van der Waals surface area contributed by atoms with E-state index in [0.717, 1.165) is 17.6 Å². The first-order chi connectivity index (χ1) is 5.24. The summed E-state index contributed by atoms with van der Waals surface area (Å²) < 4.78 is 0. The van der Waals surface area contributed by atoms with Crippen molar-refractivity contribution >= 4 is 17.3 Å². The van der Waals surface area contributed by atoms with Crippen molar-refractivity contribution in [2.45, 2.75) is 19.3 Å². The Morgan fingerprint density at radius 3 is 2.64 bits per heavy atom. The third kappa shape index (κ3) is 2.33. The molecular formula is C8H16N2S. The van der Waals surface area contributed by atoms with Crippen molar-refractivity contribution in [3.63, 3.8) is 0 Å². The molecule has 1 fully saturated rings. The SMILES string of the molecule is CNC(=S)N(C)CC1CCC1. The quantitative estimate of drug-likeness (QED) is 0.631. The molecule has 0 aromatic heterocycles. The second-order valence-corrected chi connectivity index (χ2v) is 3.62. The van der Waals surface area contributed by atoms with E-state index >= 15 is 0 Å². The minimum absolute atomic E-state index is 0.858. The molecule has 0 radical (unpaired) electrons. The van der Waals surface area contributed by atoms with Crippen LogP contribution in [0.15, 0.2) is 0 Å². The van der Waals surface area contributed by atoms with Gasteiger partial charge in [0, 0.05) is 20.6 Å². The predicted molar refractivity (Wildman–Crippen MR) is 51.6 cm³/mol. The van der Waals surface area contributed by atoms with Crippen molar-refractivity contribution in [3.05, 3.63) is 0 Å². The van der Waals surface area contributed by atoms with Crippen molar-refractivity contribution in [1.29, 1.82) is 0 Å². The smallest absolute Gasteiger partial charge is 0.168 e. The maximum absolute atomic E-state index is 5.08. The average Bonchev–Trinajstić information content (AvgIpc) is 1.94. The Bertz CT molecular complexity index is 143. The number of hydrogen-bond donors (Lipinski definition) is 1. The molecule has 11 heavy (non-hydrogen) atoms. The van der Waals surface area contributed by atoms with Crippen molar-refractivity contribution in [2.75, 3.05) is 20.6 Å². The molecule has 0 spiro atoms. The van der Waals surface area contributed by atoms with Gasteiger partial charge in [-0.1, -0.05) is 6.42 Å². The molecule has 0 heterocycles. The van der Waals surface area contributed by atoms with E-state index in [1.165, 1.54) is 19.3 Å². The highest BCUT2D eigenvalue weighted by Crippen LogP contribution is 2.26. The summed E-state index contributed by atoms with van der Waals surface area (Å²) in [7, 11) is 3.93. The zero-order valence-corrected chi connectivity index (χ0v) is 8.08. The third-order valence-electron chi connectivity index (χ3n) is 2.32. The van der Waals surface area contributed by atoms with E-state index in [2.05, 4.69) is 17.3 Å². The highest BCUT2D eigenvalue weighted by molar-refractivity contribution is 7.80. The minimum Gasteiger partial charge on any atom is -0.366 e. The first-order valence-corrected chi connectivity index (χ1v) is 4.57. The molecule has 64 valence electrons. The van der Waals surface area contributed by atoms with Crippen molar-refractivity contribution in [2.24, 2.45) is 5.92 Å². The van der Waals surface area contributed by atoms with Gasteiger partial charge < -0.3 is 10.2 Å². The molecule has 2 nitrogen and oxygen atoms in total. The topological polar surface area (TPSA) is 15.3 Å². The second-order valence-electron chi connectivity index (χ2n) is 3.23. The van der Waals surface area contributed by atoms with E-state index in [1.807, 2.05) is 7.05 Å². The van der Waals surface area contributed by atoms with Crippen molar-refractivity contribution in [1.82, 2.24) is 10.2 Å². The molecule has 1 aliphatic carbocycles. The molecule has 0 unspecified atom stereocenters. The third-order valence-corrected chi connectivity index (χ3v) is 2.83. The van der Waals surface area contributed by atoms with Crippen molar-refractivity contribution < 1.29 is 0 Å². The average molecular weight is 172 g/mol. The normalized spacial score (nSPS) is 17.3. The molecule has 0 bridgehead atoms. The van der Waals surface area contributed by atoms with Crippen LogP contribution in [-0.2, 0) is 0 Å². The minimum atomic E-state index is 0.858. The Labute approximate surface area is 74.0 Å². The molecule has 1 saturated carbocycles. The van der Waals surface area contributed by atoms with Gasteiger partial charge in [-0.3, -0.25) is 0 Å². The summed E-state index contributed by atoms with van der Waals surface area (Å²) in [4.78, 5) is 2.12. The van der Waals surface area contributed by atoms with Crippen LogP contribution in [0.4, 0.5) is 0 Å². The maximum atomic E-state index is 5.08. The zero-order chi connectivity index (χ0) is 8.27. The van der Waals surface area contributed by atoms with E-state index < -0.39 is 0 Å². The Morgan fingerprint density at radius 1 is 1.64 bits per heavy atom. The van der Waals surface area contributed by atoms with Crippen LogP contribution in [-0.4, -0.2) is 30.7 Å². The summed E-state index contributed by atoms with van der Waals surface area (Å²) in [5.41, 5.74) is 0. The summed E-state index contributed by atoms with van der Waals surface area (Å²) in [6.07, 6.45) is 4.18. The Balaban J connectivity index is 2.18. The largest absolute Gasteiger partial charge is 0.366 e. The first-order valence-electron chi connectivity index (χ1n) is 4.17. The number of rotatable bonds is 2. The van der Waals surface area contributed by atoms with Gasteiger partial charge in [0.1, 0.15) is 0 Å². The van der Waals surface area contributed by atoms with Gasteiger partial charge in [-0.05, 0) is 31.0 Å². The van der Waals surface area contributed by atoms with Crippen LogP contribution in [0.5, 0.6) is 0 Å². The summed E-state index contributed by atoms with van der Waals surface area (Å²) in [6, 6.07) is 0. The van der Waals surface area contributed by atoms with Crippen LogP contribution >= 0.6 is 12.2 Å². The number of nitrogens with zero attached hydrogens (tertiary/aromatic N) is 1. The van der Waals surface area contributed by atoms with E-state index in [0.29, 0.717) is 0 Å². The van der Waals surface area contributed by atoms with Gasteiger partial charge >= 0.3 is 0 Å². The first kappa shape index (κ1) is 8.78. The van der Waals surface area contributed by atoms with Crippen LogP contribution < -0.4 is 5.32 Å². The molecule has 0 saturated heterocycles. The highest BCUT2D eigenvalue weighted by atomic mass is 32.1. The molecule has 1 rings (SSSR count). The lowest BCUT2D eigenvalue weighted by Gasteiger charge is -2.31. The molecular weight excluding hydrogens is 156 g/mol. The van der Waals surface area contributed by atoms with E-state index in [1.54, 1.807) is 0 Å². The predicted octanol–water partition coefficient (Wildman–Crippen LogP) is 1.22. The molecule has 1 aliphatic rings. The number of hydrogen-bond acceptors (Lipinski definition) is 1. The molecule has 0 aliphatic heterocycles. The lowest BCUT2D eigenvalue weighted by molar-refractivity contribution is 0.258. The second kappa shape index (κ2) is 3.90. The van der Waals surface area contributed by atoms with E-state index in [4.69, 9.17) is 12.2 Å². The van der Waals surface area contributed by atoms with Crippen LogP contribution in [0.1, 0.15) is 19.3 Å². The van der Waals surface area contributed by atoms with Gasteiger partial charge in [0.05, 0.1) is 0 Å². The van der Waals surface area contributed by atoms with Crippen LogP contribution in [0.2, 0.25) is 0 Å². The van der Waals surface area contributed by atoms with Gasteiger partial charge in [0.15, 0.2) is 5.11 Å². The molecule has 1 N–H and O–H groups in total. The summed E-state index contributed by atoms with van der Waals surface area (Å²) >= 11 is 5.08. The van der Waals surface area contributed by atoms with Gasteiger partial charge in [-0.2, -0.15) is 0 Å². The van der Waals surface area contributed by atoms with Crippen LogP contribution in [0.3, 0.4) is 0 Å². The molecule has 0 aromatic carbocycles. The molecule has 0 aromatic rings. The van der Waals surface area contributed by atoms with Crippen molar-refractivity contribution in [3.8, 4) is 0 Å². The number of thiocarbonyl (C=S) groups is 1. The molecule has 0 atom stereocenters. The summed E-state index contributed by atoms with van der Waals surface area (Å²) in [5, 5.41) is 3.83. The molecule has 0 amide bonds. The monoisotopic (exact) mass is 172 g/mol. The van der Waals surface area contributed by atoms with Crippen LogP contribution in [0.25, 0.3) is 0 Å². The van der Waals surface area contributed by atoms with Gasteiger partial charge in [0.25, 0.3) is 0 Å². The Hall–Kier alpha value is -0.310. The highest BCUT2D eigenvalue weighted by Gasteiger charge is 2.19. The van der Waals surface area contributed by atoms with E-state index in [-0.39, 0.29) is 0 Å². The summed E-state index contributed by atoms with van der Waals surface area (Å²) in [6.45, 7) is 1.12. The lowest BCUT2D eigenvalue weighted by atomic mass is 9.85. The van der Waals surface area contributed by atoms with Gasteiger partial charge in [-0.25, -0.2) is 0 Å². The van der Waals surface area contributed by atoms with Crippen LogP contribution in [0, 0.1) is 5.92 Å². The summed E-state index contributed by atoms with van der Waals surface area (Å²) in [5.74, 6) is 0.895. The van der Waals surface area contributed by atoms with E-state index in [9.17, 15) is 0 Å². The Morgan fingerprint density at radius 2 is 2.27 bits per heavy atom. The maximum Gasteiger partial charge on any atom is 0.168 e. The fraction of sp³-hybridized carbons (Fsp3) is 0.875. The molecule has 3 heteroatoms.